The van der Waals surface area contributed by atoms with Crippen molar-refractivity contribution >= 4 is 8.80 Å². The van der Waals surface area contributed by atoms with E-state index >= 15 is 0 Å². The second-order valence-corrected chi connectivity index (χ2v) is 7.80. The fourth-order valence-electron chi connectivity index (χ4n) is 2.39. The lowest BCUT2D eigenvalue weighted by Gasteiger charge is -2.20. The minimum atomic E-state index is -0.00183. The summed E-state index contributed by atoms with van der Waals surface area (Å²) in [5, 5.41) is 0. The molecule has 0 saturated heterocycles. The van der Waals surface area contributed by atoms with Crippen LogP contribution in [0.25, 0.3) is 0 Å². The number of hydrogen-bond acceptors (Lipinski definition) is 0. The fourth-order valence-corrected chi connectivity index (χ4v) is 3.95. The predicted molar refractivity (Wildman–Crippen MR) is 62.8 cm³/mol. The van der Waals surface area contributed by atoms with Crippen LogP contribution in [0, 0.1) is 0 Å². The summed E-state index contributed by atoms with van der Waals surface area (Å²) in [4.78, 5) is 0. The molecule has 77 valence electrons. The van der Waals surface area contributed by atoms with Crippen LogP contribution in [-0.4, -0.2) is 8.80 Å². The Morgan fingerprint density at radius 3 is 1.46 bits per heavy atom. The summed E-state index contributed by atoms with van der Waals surface area (Å²) in [6, 6.07) is 0. The molecule has 0 heterocycles. The minimum absolute atomic E-state index is 0.00183. The van der Waals surface area contributed by atoms with Crippen LogP contribution in [-0.2, 0) is 0 Å². The molecule has 0 atom stereocenters. The Balaban J connectivity index is 2.26. The van der Waals surface area contributed by atoms with Gasteiger partial charge in [-0.05, 0) is 5.54 Å². The molecule has 13 heavy (non-hydrogen) atoms. The molecule has 1 rings (SSSR count). The lowest BCUT2D eigenvalue weighted by atomic mass is 10.0. The Kier molecular flexibility index (Phi) is 5.77. The molecular weight excluding hydrogens is 172 g/mol. The van der Waals surface area contributed by atoms with E-state index < -0.39 is 0 Å². The highest BCUT2D eigenvalue weighted by atomic mass is 28.3. The van der Waals surface area contributed by atoms with Gasteiger partial charge in [0.25, 0.3) is 0 Å². The second kappa shape index (κ2) is 6.64. The predicted octanol–water partition coefficient (Wildman–Crippen LogP) is 4.64. The topological polar surface area (TPSA) is 0 Å². The molecule has 1 saturated carbocycles. The van der Waals surface area contributed by atoms with Crippen LogP contribution in [0.3, 0.4) is 0 Å². The zero-order valence-corrected chi connectivity index (χ0v) is 10.4. The molecule has 0 nitrogen and oxygen atoms in total. The van der Waals surface area contributed by atoms with Crippen LogP contribution in [0.1, 0.15) is 57.8 Å². The average Bonchev–Trinajstić information content (AvgIpc) is 2.14. The Labute approximate surface area is 85.7 Å². The highest BCUT2D eigenvalue weighted by molar-refractivity contribution is 6.57. The largest absolute Gasteiger partial charge is 0.0711 e. The summed E-state index contributed by atoms with van der Waals surface area (Å²) >= 11 is 0. The van der Waals surface area contributed by atoms with Gasteiger partial charge in [-0.15, -0.1) is 0 Å². The first-order valence-electron chi connectivity index (χ1n) is 6.11. The molecule has 1 fully saturated rings. The summed E-state index contributed by atoms with van der Waals surface area (Å²) in [5.41, 5.74) is 1.13. The lowest BCUT2D eigenvalue weighted by Crippen LogP contribution is -2.12. The van der Waals surface area contributed by atoms with E-state index in [1.165, 1.54) is 44.9 Å². The molecule has 0 N–H and O–H groups in total. The van der Waals surface area contributed by atoms with Gasteiger partial charge in [0, 0.05) is 8.80 Å². The van der Waals surface area contributed by atoms with Crippen molar-refractivity contribution in [3.05, 3.63) is 0 Å². The monoisotopic (exact) mass is 197 g/mol. The van der Waals surface area contributed by atoms with Crippen LogP contribution in [0.2, 0.25) is 18.6 Å². The standard InChI is InChI=1S/C12H25Si/c1-13(2)12-10-8-6-4-3-5-7-9-11-12/h12H,3-11H2,1-2H3. The SMILES string of the molecule is C[Si](C)C1CCCCCCCCC1. The summed E-state index contributed by atoms with van der Waals surface area (Å²) in [7, 11) is -0.00183. The van der Waals surface area contributed by atoms with E-state index in [1.54, 1.807) is 12.8 Å². The van der Waals surface area contributed by atoms with Gasteiger partial charge in [0.15, 0.2) is 0 Å². The summed E-state index contributed by atoms with van der Waals surface area (Å²) in [6.45, 7) is 5.00. The van der Waals surface area contributed by atoms with Crippen molar-refractivity contribution in [2.24, 2.45) is 0 Å². The number of rotatable bonds is 1. The molecular formula is C12H25Si. The first kappa shape index (κ1) is 11.3. The molecule has 1 radical (unpaired) electrons. The van der Waals surface area contributed by atoms with E-state index in [2.05, 4.69) is 13.1 Å². The Morgan fingerprint density at radius 2 is 1.08 bits per heavy atom. The van der Waals surface area contributed by atoms with Crippen LogP contribution >= 0.6 is 0 Å². The van der Waals surface area contributed by atoms with Gasteiger partial charge >= 0.3 is 0 Å². The van der Waals surface area contributed by atoms with Gasteiger partial charge in [0.05, 0.1) is 0 Å². The molecule has 0 unspecified atom stereocenters. The van der Waals surface area contributed by atoms with Gasteiger partial charge in [0.1, 0.15) is 0 Å². The van der Waals surface area contributed by atoms with Gasteiger partial charge in [-0.2, -0.15) is 0 Å². The quantitative estimate of drug-likeness (QED) is 0.537. The van der Waals surface area contributed by atoms with E-state index in [-0.39, 0.29) is 8.80 Å². The van der Waals surface area contributed by atoms with Crippen molar-refractivity contribution in [2.45, 2.75) is 76.4 Å². The smallest absolute Gasteiger partial charge is 0.0446 e. The second-order valence-electron chi connectivity index (χ2n) is 4.83. The zero-order chi connectivity index (χ0) is 9.52. The number of hydrogen-bond donors (Lipinski definition) is 0. The van der Waals surface area contributed by atoms with E-state index in [9.17, 15) is 0 Å². The molecule has 1 aliphatic rings. The fraction of sp³-hybridized carbons (Fsp3) is 1.00. The molecule has 0 aromatic heterocycles. The lowest BCUT2D eigenvalue weighted by molar-refractivity contribution is 0.500. The molecule has 0 aromatic rings. The molecule has 0 bridgehead atoms. The first-order valence-corrected chi connectivity index (χ1v) is 8.68. The maximum absolute atomic E-state index is 2.50. The molecule has 0 aliphatic heterocycles. The third kappa shape index (κ3) is 4.85. The summed E-state index contributed by atoms with van der Waals surface area (Å²) in [6.07, 6.45) is 13.6. The van der Waals surface area contributed by atoms with Crippen molar-refractivity contribution in [3.63, 3.8) is 0 Å². The third-order valence-electron chi connectivity index (χ3n) is 3.42. The maximum atomic E-state index is 2.50. The van der Waals surface area contributed by atoms with Crippen molar-refractivity contribution < 1.29 is 0 Å². The van der Waals surface area contributed by atoms with Crippen molar-refractivity contribution in [1.29, 1.82) is 0 Å². The van der Waals surface area contributed by atoms with Gasteiger partial charge in [-0.25, -0.2) is 0 Å². The van der Waals surface area contributed by atoms with Crippen LogP contribution in [0.5, 0.6) is 0 Å². The maximum Gasteiger partial charge on any atom is 0.0446 e. The van der Waals surface area contributed by atoms with Crippen LogP contribution < -0.4 is 0 Å². The molecule has 0 spiro atoms. The highest BCUT2D eigenvalue weighted by Gasteiger charge is 2.14. The molecule has 1 heteroatoms. The van der Waals surface area contributed by atoms with E-state index in [0.29, 0.717) is 0 Å². The molecule has 0 amide bonds. The Hall–Kier alpha value is 0.217. The van der Waals surface area contributed by atoms with E-state index in [0.717, 1.165) is 5.54 Å². The van der Waals surface area contributed by atoms with E-state index in [4.69, 9.17) is 0 Å². The zero-order valence-electron chi connectivity index (χ0n) is 9.44. The van der Waals surface area contributed by atoms with Crippen molar-refractivity contribution in [2.75, 3.05) is 0 Å². The first-order chi connectivity index (χ1) is 6.30. The van der Waals surface area contributed by atoms with Crippen molar-refractivity contribution in [1.82, 2.24) is 0 Å². The average molecular weight is 197 g/mol. The van der Waals surface area contributed by atoms with Gasteiger partial charge in [-0.3, -0.25) is 0 Å². The summed E-state index contributed by atoms with van der Waals surface area (Å²) < 4.78 is 0. The van der Waals surface area contributed by atoms with Gasteiger partial charge < -0.3 is 0 Å². The molecule has 0 aromatic carbocycles. The Morgan fingerprint density at radius 1 is 0.692 bits per heavy atom. The minimum Gasteiger partial charge on any atom is -0.0711 e. The third-order valence-corrected chi connectivity index (χ3v) is 5.63. The normalized spacial score (nSPS) is 23.3. The summed E-state index contributed by atoms with van der Waals surface area (Å²) in [5.74, 6) is 0. The Bertz CT molecular complexity index is 110. The van der Waals surface area contributed by atoms with Crippen LogP contribution in [0.15, 0.2) is 0 Å². The highest BCUT2D eigenvalue weighted by Crippen LogP contribution is 2.27. The van der Waals surface area contributed by atoms with Crippen LogP contribution in [0.4, 0.5) is 0 Å². The van der Waals surface area contributed by atoms with Gasteiger partial charge in [-0.1, -0.05) is 70.9 Å². The van der Waals surface area contributed by atoms with Crippen molar-refractivity contribution in [3.8, 4) is 0 Å². The van der Waals surface area contributed by atoms with Gasteiger partial charge in [0.2, 0.25) is 0 Å². The van der Waals surface area contributed by atoms with E-state index in [1.807, 2.05) is 0 Å². The molecule has 1 aliphatic carbocycles.